The van der Waals surface area contributed by atoms with Crippen molar-refractivity contribution in [1.82, 2.24) is 0 Å². The summed E-state index contributed by atoms with van der Waals surface area (Å²) in [5, 5.41) is 0. The van der Waals surface area contributed by atoms with Crippen molar-refractivity contribution >= 4 is 15.9 Å². The van der Waals surface area contributed by atoms with E-state index in [4.69, 9.17) is 24.7 Å². The maximum atomic E-state index is 6.53. The molecule has 0 bridgehead atoms. The Morgan fingerprint density at radius 1 is 1.19 bits per heavy atom. The zero-order valence-electron chi connectivity index (χ0n) is 12.6. The molecule has 1 fully saturated rings. The summed E-state index contributed by atoms with van der Waals surface area (Å²) in [5.74, 6) is 1.39. The molecule has 21 heavy (non-hydrogen) atoms. The van der Waals surface area contributed by atoms with Gasteiger partial charge in [-0.25, -0.2) is 0 Å². The normalized spacial score (nSPS) is 19.1. The van der Waals surface area contributed by atoms with Gasteiger partial charge in [0.05, 0.1) is 25.9 Å². The highest BCUT2D eigenvalue weighted by atomic mass is 79.9. The molecule has 0 spiro atoms. The highest BCUT2D eigenvalue weighted by Gasteiger charge is 2.41. The third-order valence-electron chi connectivity index (χ3n) is 4.16. The van der Waals surface area contributed by atoms with E-state index in [1.807, 2.05) is 12.1 Å². The minimum absolute atomic E-state index is 0.302. The van der Waals surface area contributed by atoms with Crippen LogP contribution in [0, 0.1) is 0 Å². The van der Waals surface area contributed by atoms with Crippen LogP contribution >= 0.6 is 15.9 Å². The van der Waals surface area contributed by atoms with E-state index in [0.29, 0.717) is 24.7 Å². The predicted octanol–water partition coefficient (Wildman–Crippen LogP) is 2.66. The summed E-state index contributed by atoms with van der Waals surface area (Å²) in [4.78, 5) is 0. The zero-order valence-corrected chi connectivity index (χ0v) is 14.2. The fourth-order valence-corrected chi connectivity index (χ4v) is 3.49. The van der Waals surface area contributed by atoms with E-state index in [-0.39, 0.29) is 6.04 Å². The fourth-order valence-electron chi connectivity index (χ4n) is 2.81. The standard InChI is InChI=1S/C15H22BrNO4/c1-18-11-5-4-10(13(19-2)12(11)16)14(17)15(20-3)6-8-21-9-7-15/h4-5,14H,6-9,17H2,1-3H3. The number of rotatable bonds is 5. The fraction of sp³-hybridized carbons (Fsp3) is 0.600. The van der Waals surface area contributed by atoms with E-state index in [0.717, 1.165) is 22.9 Å². The first-order valence-corrected chi connectivity index (χ1v) is 7.67. The summed E-state index contributed by atoms with van der Waals surface area (Å²) in [7, 11) is 4.95. The summed E-state index contributed by atoms with van der Waals surface area (Å²) in [6, 6.07) is 3.51. The molecule has 2 rings (SSSR count). The Morgan fingerprint density at radius 2 is 1.86 bits per heavy atom. The van der Waals surface area contributed by atoms with Gasteiger partial charge in [-0.3, -0.25) is 0 Å². The number of halogens is 1. The summed E-state index contributed by atoms with van der Waals surface area (Å²) < 4.78 is 22.8. The predicted molar refractivity (Wildman–Crippen MR) is 84.0 cm³/mol. The lowest BCUT2D eigenvalue weighted by molar-refractivity contribution is -0.105. The van der Waals surface area contributed by atoms with Gasteiger partial charge >= 0.3 is 0 Å². The lowest BCUT2D eigenvalue weighted by Gasteiger charge is -2.41. The van der Waals surface area contributed by atoms with Gasteiger partial charge < -0.3 is 24.7 Å². The van der Waals surface area contributed by atoms with Crippen LogP contribution in [-0.2, 0) is 9.47 Å². The molecule has 1 aromatic rings. The van der Waals surface area contributed by atoms with Crippen molar-refractivity contribution in [3.8, 4) is 11.5 Å². The second-order valence-corrected chi connectivity index (χ2v) is 5.86. The van der Waals surface area contributed by atoms with Crippen LogP contribution in [0.2, 0.25) is 0 Å². The van der Waals surface area contributed by atoms with E-state index in [9.17, 15) is 0 Å². The van der Waals surface area contributed by atoms with Gasteiger partial charge in [0.15, 0.2) is 0 Å². The number of nitrogens with two attached hydrogens (primary N) is 1. The second-order valence-electron chi connectivity index (χ2n) is 5.06. The molecule has 1 aliphatic rings. The quantitative estimate of drug-likeness (QED) is 0.875. The Hall–Kier alpha value is -0.820. The van der Waals surface area contributed by atoms with Gasteiger partial charge in [-0.1, -0.05) is 0 Å². The molecule has 6 heteroatoms. The van der Waals surface area contributed by atoms with Crippen molar-refractivity contribution in [2.75, 3.05) is 34.5 Å². The molecular formula is C15H22BrNO4. The molecule has 2 N–H and O–H groups in total. The lowest BCUT2D eigenvalue weighted by atomic mass is 9.82. The summed E-state index contributed by atoms with van der Waals surface area (Å²) >= 11 is 3.51. The lowest BCUT2D eigenvalue weighted by Crippen LogP contribution is -2.47. The van der Waals surface area contributed by atoms with Crippen LogP contribution in [0.25, 0.3) is 0 Å². The van der Waals surface area contributed by atoms with Crippen molar-refractivity contribution in [2.45, 2.75) is 24.5 Å². The Bertz CT molecular complexity index is 489. The number of methoxy groups -OCH3 is 3. The topological polar surface area (TPSA) is 62.9 Å². The highest BCUT2D eigenvalue weighted by Crippen LogP contribution is 2.44. The first-order chi connectivity index (χ1) is 10.1. The molecule has 0 aliphatic carbocycles. The second kappa shape index (κ2) is 6.96. The highest BCUT2D eigenvalue weighted by molar-refractivity contribution is 9.10. The zero-order chi connectivity index (χ0) is 15.5. The molecule has 118 valence electrons. The van der Waals surface area contributed by atoms with Gasteiger partial charge in [-0.15, -0.1) is 0 Å². The molecule has 1 aliphatic heterocycles. The van der Waals surface area contributed by atoms with Crippen LogP contribution in [-0.4, -0.2) is 40.1 Å². The molecule has 0 radical (unpaired) electrons. The van der Waals surface area contributed by atoms with E-state index in [1.165, 1.54) is 0 Å². The first-order valence-electron chi connectivity index (χ1n) is 6.88. The van der Waals surface area contributed by atoms with Gasteiger partial charge in [-0.2, -0.15) is 0 Å². The minimum atomic E-state index is -0.431. The average Bonchev–Trinajstić information content (AvgIpc) is 2.54. The van der Waals surface area contributed by atoms with Crippen molar-refractivity contribution in [1.29, 1.82) is 0 Å². The van der Waals surface area contributed by atoms with E-state index in [1.54, 1.807) is 21.3 Å². The molecule has 1 unspecified atom stereocenters. The van der Waals surface area contributed by atoms with Crippen LogP contribution in [0.5, 0.6) is 11.5 Å². The molecule has 0 saturated carbocycles. The van der Waals surface area contributed by atoms with Crippen LogP contribution in [0.1, 0.15) is 24.4 Å². The van der Waals surface area contributed by atoms with Crippen molar-refractivity contribution in [2.24, 2.45) is 5.73 Å². The van der Waals surface area contributed by atoms with Crippen molar-refractivity contribution in [3.63, 3.8) is 0 Å². The number of benzene rings is 1. The molecular weight excluding hydrogens is 338 g/mol. The van der Waals surface area contributed by atoms with E-state index >= 15 is 0 Å². The Kier molecular flexibility index (Phi) is 5.48. The van der Waals surface area contributed by atoms with Crippen molar-refractivity contribution in [3.05, 3.63) is 22.2 Å². The van der Waals surface area contributed by atoms with Gasteiger partial charge in [0.1, 0.15) is 16.0 Å². The molecule has 1 saturated heterocycles. The van der Waals surface area contributed by atoms with Crippen LogP contribution in [0.4, 0.5) is 0 Å². The Balaban J connectivity index is 2.42. The van der Waals surface area contributed by atoms with Crippen molar-refractivity contribution < 1.29 is 18.9 Å². The molecule has 1 atom stereocenters. The maximum Gasteiger partial charge on any atom is 0.141 e. The minimum Gasteiger partial charge on any atom is -0.495 e. The molecule has 5 nitrogen and oxygen atoms in total. The molecule has 1 aromatic carbocycles. The molecule has 0 amide bonds. The van der Waals surface area contributed by atoms with E-state index < -0.39 is 5.60 Å². The van der Waals surface area contributed by atoms with Gasteiger partial charge in [0.2, 0.25) is 0 Å². The molecule has 1 heterocycles. The largest absolute Gasteiger partial charge is 0.495 e. The summed E-state index contributed by atoms with van der Waals surface area (Å²) in [6.07, 6.45) is 1.52. The van der Waals surface area contributed by atoms with Crippen LogP contribution in [0.3, 0.4) is 0 Å². The maximum absolute atomic E-state index is 6.53. The number of ether oxygens (including phenoxy) is 4. The monoisotopic (exact) mass is 359 g/mol. The Labute approximate surface area is 133 Å². The van der Waals surface area contributed by atoms with Gasteiger partial charge in [-0.05, 0) is 28.1 Å². The van der Waals surface area contributed by atoms with E-state index in [2.05, 4.69) is 15.9 Å². The number of hydrogen-bond acceptors (Lipinski definition) is 5. The van der Waals surface area contributed by atoms with Crippen LogP contribution < -0.4 is 15.2 Å². The number of hydrogen-bond donors (Lipinski definition) is 1. The third kappa shape index (κ3) is 3.04. The van der Waals surface area contributed by atoms with Crippen LogP contribution in [0.15, 0.2) is 16.6 Å². The Morgan fingerprint density at radius 3 is 2.38 bits per heavy atom. The van der Waals surface area contributed by atoms with Gasteiger partial charge in [0, 0.05) is 38.7 Å². The summed E-state index contributed by atoms with van der Waals surface area (Å²) in [5.41, 5.74) is 7.00. The SMILES string of the molecule is COc1ccc(C(N)C2(OC)CCOCC2)c(OC)c1Br. The molecule has 0 aromatic heterocycles. The summed E-state index contributed by atoms with van der Waals surface area (Å²) in [6.45, 7) is 1.31. The average molecular weight is 360 g/mol. The third-order valence-corrected chi connectivity index (χ3v) is 4.91. The van der Waals surface area contributed by atoms with Gasteiger partial charge in [0.25, 0.3) is 0 Å². The smallest absolute Gasteiger partial charge is 0.141 e. The first kappa shape index (κ1) is 16.5.